The molecule has 1 amide bonds. The minimum atomic E-state index is -2.56. The first kappa shape index (κ1) is 7.36. The maximum atomic E-state index is 10.9. The van der Waals surface area contributed by atoms with Crippen LogP contribution in [0.1, 0.15) is 0 Å². The van der Waals surface area contributed by atoms with Crippen molar-refractivity contribution in [2.24, 2.45) is 10.7 Å². The van der Waals surface area contributed by atoms with Gasteiger partial charge in [-0.3, -0.25) is 4.79 Å². The fourth-order valence-corrected chi connectivity index (χ4v) is 1.68. The molecule has 0 saturated carbocycles. The number of hydrogen-bond acceptors (Lipinski definition) is 4. The molecule has 10 heavy (non-hydrogen) atoms. The van der Waals surface area contributed by atoms with E-state index >= 15 is 0 Å². The first-order chi connectivity index (χ1) is 4.51. The lowest BCUT2D eigenvalue weighted by Crippen LogP contribution is -2.11. The molecule has 0 aromatic heterocycles. The molecule has 0 bridgehead atoms. The van der Waals surface area contributed by atoms with E-state index in [0.29, 0.717) is 0 Å². The number of carbonyl (C=O) groups is 1. The molecule has 0 radical (unpaired) electrons. The third-order valence-corrected chi connectivity index (χ3v) is 2.36. The Hall–Kier alpha value is -0.750. The highest BCUT2D eigenvalue weighted by molar-refractivity contribution is 8.42. The zero-order valence-electron chi connectivity index (χ0n) is 4.81. The quantitative estimate of drug-likeness (QED) is 0.563. The van der Waals surface area contributed by atoms with Crippen molar-refractivity contribution in [2.45, 2.75) is 0 Å². The van der Waals surface area contributed by atoms with Gasteiger partial charge in [-0.2, -0.15) is 0 Å². The topological polar surface area (TPSA) is 72.5 Å². The monoisotopic (exact) mass is 176 g/mol. The van der Waals surface area contributed by atoms with Gasteiger partial charge in [0.15, 0.2) is 0 Å². The Bertz CT molecular complexity index is 325. The van der Waals surface area contributed by atoms with Crippen molar-refractivity contribution in [3.05, 3.63) is 11.1 Å². The summed E-state index contributed by atoms with van der Waals surface area (Å²) >= 11 is 4.50. The van der Waals surface area contributed by atoms with Crippen molar-refractivity contribution in [2.75, 3.05) is 0 Å². The summed E-state index contributed by atoms with van der Waals surface area (Å²) in [5.41, 5.74) is 5.87. The minimum absolute atomic E-state index is 0.0139. The molecule has 0 aromatic rings. The van der Waals surface area contributed by atoms with Crippen LogP contribution in [0, 0.1) is 0 Å². The van der Waals surface area contributed by atoms with E-state index in [-0.39, 0.29) is 5.70 Å². The van der Waals surface area contributed by atoms with E-state index in [2.05, 4.69) is 16.2 Å². The molecule has 2 N–H and O–H groups in total. The fourth-order valence-electron chi connectivity index (χ4n) is 0.468. The molecule has 0 aliphatic carbocycles. The Morgan fingerprint density at radius 2 is 2.40 bits per heavy atom. The Labute approximate surface area is 62.5 Å². The van der Waals surface area contributed by atoms with E-state index in [9.17, 15) is 9.00 Å². The highest BCUT2D eigenvalue weighted by Crippen LogP contribution is 2.07. The van der Waals surface area contributed by atoms with Crippen LogP contribution in [0.3, 0.4) is 0 Å². The van der Waals surface area contributed by atoms with Gasteiger partial charge in [-0.1, -0.05) is 0 Å². The summed E-state index contributed by atoms with van der Waals surface area (Å²) in [6.45, 7) is 0. The van der Waals surface area contributed by atoms with E-state index in [1.54, 1.807) is 0 Å². The third kappa shape index (κ3) is 1.39. The summed E-state index contributed by atoms with van der Waals surface area (Å²) in [6.07, 6.45) is 0. The molecule has 1 unspecified atom stereocenters. The maximum absolute atomic E-state index is 10.9. The first-order valence-electron chi connectivity index (χ1n) is 2.32. The van der Waals surface area contributed by atoms with Crippen molar-refractivity contribution in [1.82, 2.24) is 0 Å². The van der Waals surface area contributed by atoms with Crippen LogP contribution < -0.4 is 5.73 Å². The molecule has 0 saturated heterocycles. The Morgan fingerprint density at radius 3 is 2.60 bits per heavy atom. The largest absolute Gasteiger partial charge is 0.364 e. The van der Waals surface area contributed by atoms with Crippen LogP contribution in [-0.2, 0) is 24.5 Å². The van der Waals surface area contributed by atoms with Crippen LogP contribution in [-0.4, -0.2) is 15.7 Å². The lowest BCUT2D eigenvalue weighted by Gasteiger charge is -1.84. The number of carbonyl (C=O) groups excluding carboxylic acids is 1. The number of amides is 1. The smallest absolute Gasteiger partial charge is 0.267 e. The van der Waals surface area contributed by atoms with Gasteiger partial charge in [-0.15, -0.1) is 0 Å². The summed E-state index contributed by atoms with van der Waals surface area (Å²) in [6, 6.07) is 0. The summed E-state index contributed by atoms with van der Waals surface area (Å²) in [5.74, 6) is -0.702. The standard InChI is InChI=1S/C4H4N2O2S2/c5-4(7)3-1-10(8,9)2-6-3/h1-2H,(H2,5,7). The van der Waals surface area contributed by atoms with E-state index in [1.807, 2.05) is 0 Å². The second-order valence-corrected chi connectivity index (χ2v) is 4.88. The molecule has 0 fully saturated rings. The van der Waals surface area contributed by atoms with Crippen LogP contribution in [0.2, 0.25) is 0 Å². The van der Waals surface area contributed by atoms with E-state index < -0.39 is 14.4 Å². The highest BCUT2D eigenvalue weighted by atomic mass is 32.8. The molecule has 0 aromatic carbocycles. The predicted molar refractivity (Wildman–Crippen MR) is 41.3 cm³/mol. The molecule has 1 heterocycles. The molecular formula is C4H4N2O2S2. The van der Waals surface area contributed by atoms with Crippen LogP contribution in [0.5, 0.6) is 0 Å². The molecule has 1 rings (SSSR count). The fraction of sp³-hybridized carbons (Fsp3) is 0. The molecule has 1 aliphatic rings. The molecule has 1 aliphatic heterocycles. The SMILES string of the molecule is NC(=O)C1=CS(=O)(=S)C=N1. The van der Waals surface area contributed by atoms with Gasteiger partial charge < -0.3 is 5.73 Å². The summed E-state index contributed by atoms with van der Waals surface area (Å²) in [4.78, 5) is 13.8. The number of rotatable bonds is 1. The van der Waals surface area contributed by atoms with Gasteiger partial charge in [0.2, 0.25) is 0 Å². The predicted octanol–water partition coefficient (Wildman–Crippen LogP) is -0.899. The average molecular weight is 176 g/mol. The number of nitrogens with zero attached hydrogens (tertiary/aromatic N) is 1. The molecule has 4 nitrogen and oxygen atoms in total. The molecule has 0 spiro atoms. The molecule has 6 heteroatoms. The van der Waals surface area contributed by atoms with Crippen molar-refractivity contribution < 1.29 is 9.00 Å². The zero-order chi connectivity index (χ0) is 7.78. The van der Waals surface area contributed by atoms with Gasteiger partial charge in [0, 0.05) is 5.41 Å². The van der Waals surface area contributed by atoms with Gasteiger partial charge in [0.05, 0.1) is 14.0 Å². The van der Waals surface area contributed by atoms with Crippen LogP contribution in [0.25, 0.3) is 0 Å². The molecular weight excluding hydrogens is 172 g/mol. The minimum Gasteiger partial charge on any atom is -0.364 e. The van der Waals surface area contributed by atoms with Crippen molar-refractivity contribution in [3.8, 4) is 0 Å². The van der Waals surface area contributed by atoms with Crippen LogP contribution in [0.15, 0.2) is 16.1 Å². The lowest BCUT2D eigenvalue weighted by atomic mass is 10.5. The van der Waals surface area contributed by atoms with Gasteiger partial charge in [-0.05, 0) is 11.2 Å². The van der Waals surface area contributed by atoms with Gasteiger partial charge in [0.1, 0.15) is 5.70 Å². The number of primary amides is 1. The number of nitrogens with two attached hydrogens (primary N) is 1. The van der Waals surface area contributed by atoms with Crippen molar-refractivity contribution in [3.63, 3.8) is 0 Å². The third-order valence-electron chi connectivity index (χ3n) is 0.867. The van der Waals surface area contributed by atoms with Gasteiger partial charge in [0.25, 0.3) is 5.91 Å². The van der Waals surface area contributed by atoms with Gasteiger partial charge >= 0.3 is 0 Å². The number of aliphatic imine (C=N–C) groups is 1. The van der Waals surface area contributed by atoms with Gasteiger partial charge in [-0.25, -0.2) is 9.20 Å². The maximum Gasteiger partial charge on any atom is 0.267 e. The average Bonchev–Trinajstić information content (AvgIpc) is 2.10. The second kappa shape index (κ2) is 2.14. The number of hydrogen-bond donors (Lipinski definition) is 1. The summed E-state index contributed by atoms with van der Waals surface area (Å²) in [5, 5.41) is 1.10. The molecule has 54 valence electrons. The Morgan fingerprint density at radius 1 is 1.80 bits per heavy atom. The Kier molecular flexibility index (Phi) is 1.57. The second-order valence-electron chi connectivity index (χ2n) is 1.69. The lowest BCUT2D eigenvalue weighted by molar-refractivity contribution is -0.114. The normalized spacial score (nSPS) is 30.2. The van der Waals surface area contributed by atoms with E-state index in [4.69, 9.17) is 5.73 Å². The summed E-state index contributed by atoms with van der Waals surface area (Å²) in [7, 11) is -2.56. The van der Waals surface area contributed by atoms with Crippen molar-refractivity contribution in [1.29, 1.82) is 0 Å². The van der Waals surface area contributed by atoms with Crippen LogP contribution in [0.4, 0.5) is 0 Å². The highest BCUT2D eigenvalue weighted by Gasteiger charge is 2.13. The zero-order valence-corrected chi connectivity index (χ0v) is 6.45. The Balaban J connectivity index is 3.11. The van der Waals surface area contributed by atoms with E-state index in [1.165, 1.54) is 0 Å². The van der Waals surface area contributed by atoms with E-state index in [0.717, 1.165) is 11.0 Å². The van der Waals surface area contributed by atoms with Crippen LogP contribution >= 0.6 is 0 Å². The van der Waals surface area contributed by atoms with Crippen molar-refractivity contribution >= 4 is 31.1 Å². The molecule has 1 atom stereocenters. The first-order valence-corrected chi connectivity index (χ1v) is 4.93. The summed E-state index contributed by atoms with van der Waals surface area (Å²) < 4.78 is 10.9.